The van der Waals surface area contributed by atoms with Crippen molar-refractivity contribution in [2.45, 2.75) is 32.7 Å². The summed E-state index contributed by atoms with van der Waals surface area (Å²) in [7, 11) is 3.55. The molecular formula is C22H29N7O4. The van der Waals surface area contributed by atoms with Crippen LogP contribution in [0.4, 0.5) is 10.6 Å². The number of ether oxygens (including phenoxy) is 1. The van der Waals surface area contributed by atoms with Crippen molar-refractivity contribution in [3.63, 3.8) is 0 Å². The number of rotatable bonds is 6. The smallest absolute Gasteiger partial charge is 0.329 e. The van der Waals surface area contributed by atoms with Gasteiger partial charge in [-0.15, -0.1) is 0 Å². The van der Waals surface area contributed by atoms with Crippen LogP contribution in [-0.2, 0) is 14.3 Å². The average Bonchev–Trinajstić information content (AvgIpc) is 3.22. The molecule has 1 saturated heterocycles. The standard InChI is InChI=1S/C22H29N7O4/c1-15-6-9-28(19(31)5-8-23)13-18(15)27(4)20-17-7-10-29(21(17)25-14-24-20)22(32)26(3)11-12-33-16(2)30/h7,10,14-15,18H,5-6,9,11-13H2,1-4H3/t15-,18+/m1/s1. The number of carbonyl (C=O) groups excluding carboxylic acids is 3. The molecule has 1 aliphatic rings. The van der Waals surface area contributed by atoms with Crippen molar-refractivity contribution in [1.29, 1.82) is 5.26 Å². The molecule has 0 bridgehead atoms. The van der Waals surface area contributed by atoms with Gasteiger partial charge in [0.15, 0.2) is 5.65 Å². The third-order valence-electron chi connectivity index (χ3n) is 6.06. The van der Waals surface area contributed by atoms with Gasteiger partial charge < -0.3 is 19.4 Å². The lowest BCUT2D eigenvalue weighted by molar-refractivity contribution is -0.141. The third-order valence-corrected chi connectivity index (χ3v) is 6.06. The second-order valence-corrected chi connectivity index (χ2v) is 8.28. The highest BCUT2D eigenvalue weighted by atomic mass is 16.5. The fraction of sp³-hybridized carbons (Fsp3) is 0.545. The van der Waals surface area contributed by atoms with E-state index in [9.17, 15) is 14.4 Å². The number of amides is 2. The topological polar surface area (TPSA) is 125 Å². The summed E-state index contributed by atoms with van der Waals surface area (Å²) in [6.45, 7) is 4.96. The normalized spacial score (nSPS) is 18.0. The number of aromatic nitrogens is 3. The highest BCUT2D eigenvalue weighted by Crippen LogP contribution is 2.29. The highest BCUT2D eigenvalue weighted by Gasteiger charge is 2.33. The van der Waals surface area contributed by atoms with Gasteiger partial charge in [0.05, 0.1) is 24.0 Å². The zero-order chi connectivity index (χ0) is 24.1. The predicted molar refractivity (Wildman–Crippen MR) is 120 cm³/mol. The van der Waals surface area contributed by atoms with E-state index in [4.69, 9.17) is 10.00 Å². The summed E-state index contributed by atoms with van der Waals surface area (Å²) in [5, 5.41) is 9.59. The van der Waals surface area contributed by atoms with Gasteiger partial charge in [0.25, 0.3) is 0 Å². The first kappa shape index (κ1) is 24.0. The Bertz CT molecular complexity index is 1080. The Morgan fingerprint density at radius 2 is 2.06 bits per heavy atom. The second kappa shape index (κ2) is 10.3. The number of hydrogen-bond donors (Lipinski definition) is 0. The Morgan fingerprint density at radius 1 is 1.30 bits per heavy atom. The lowest BCUT2D eigenvalue weighted by Crippen LogP contribution is -2.52. The van der Waals surface area contributed by atoms with Crippen LogP contribution in [0.1, 0.15) is 26.7 Å². The summed E-state index contributed by atoms with van der Waals surface area (Å²) in [6.07, 6.45) is 3.77. The molecule has 1 fully saturated rings. The third kappa shape index (κ3) is 5.22. The molecule has 2 aromatic heterocycles. The van der Waals surface area contributed by atoms with Crippen LogP contribution in [0.15, 0.2) is 18.6 Å². The molecular weight excluding hydrogens is 426 g/mol. The number of anilines is 1. The van der Waals surface area contributed by atoms with Gasteiger partial charge in [-0.1, -0.05) is 6.92 Å². The minimum Gasteiger partial charge on any atom is -0.464 e. The van der Waals surface area contributed by atoms with Crippen LogP contribution in [0, 0.1) is 17.2 Å². The minimum absolute atomic E-state index is 0.00458. The molecule has 2 aromatic rings. The lowest BCUT2D eigenvalue weighted by Gasteiger charge is -2.42. The molecule has 0 aromatic carbocycles. The van der Waals surface area contributed by atoms with Crippen molar-refractivity contribution in [2.75, 3.05) is 45.2 Å². The molecule has 2 amide bonds. The van der Waals surface area contributed by atoms with Crippen molar-refractivity contribution >= 4 is 34.8 Å². The molecule has 2 atom stereocenters. The first-order valence-electron chi connectivity index (χ1n) is 10.8. The van der Waals surface area contributed by atoms with Crippen LogP contribution in [0.25, 0.3) is 11.0 Å². The van der Waals surface area contributed by atoms with Crippen LogP contribution in [0.3, 0.4) is 0 Å². The lowest BCUT2D eigenvalue weighted by atomic mass is 9.92. The second-order valence-electron chi connectivity index (χ2n) is 8.28. The Balaban J connectivity index is 1.82. The molecule has 33 heavy (non-hydrogen) atoms. The predicted octanol–water partition coefficient (Wildman–Crippen LogP) is 1.48. The molecule has 0 unspecified atom stereocenters. The van der Waals surface area contributed by atoms with Crippen molar-refractivity contribution in [2.24, 2.45) is 5.92 Å². The van der Waals surface area contributed by atoms with Gasteiger partial charge in [-0.2, -0.15) is 5.26 Å². The van der Waals surface area contributed by atoms with E-state index < -0.39 is 5.97 Å². The Kier molecular flexibility index (Phi) is 7.48. The summed E-state index contributed by atoms with van der Waals surface area (Å²) in [5.41, 5.74) is 0.470. The molecule has 11 nitrogen and oxygen atoms in total. The van der Waals surface area contributed by atoms with Gasteiger partial charge in [0.1, 0.15) is 25.2 Å². The molecule has 11 heteroatoms. The number of nitriles is 1. The van der Waals surface area contributed by atoms with Gasteiger partial charge in [0, 0.05) is 40.3 Å². The number of likely N-dealkylation sites (N-methyl/N-ethyl adjacent to an activating group) is 2. The first-order chi connectivity index (χ1) is 15.7. The van der Waals surface area contributed by atoms with Crippen molar-refractivity contribution in [1.82, 2.24) is 24.3 Å². The SMILES string of the molecule is CC(=O)OCCN(C)C(=O)n1ccc2c(N(C)[C@H]3CN(C(=O)CC#N)CC[C@H]3C)ncnc21. The highest BCUT2D eigenvalue weighted by molar-refractivity contribution is 5.94. The van der Waals surface area contributed by atoms with Crippen LogP contribution >= 0.6 is 0 Å². The van der Waals surface area contributed by atoms with E-state index >= 15 is 0 Å². The minimum atomic E-state index is -0.396. The molecule has 1 aliphatic heterocycles. The number of piperidine rings is 1. The van der Waals surface area contributed by atoms with Gasteiger partial charge in [0.2, 0.25) is 5.91 Å². The number of fused-ring (bicyclic) bond motifs is 1. The summed E-state index contributed by atoms with van der Waals surface area (Å²) in [6, 6.07) is 3.43. The summed E-state index contributed by atoms with van der Waals surface area (Å²) in [4.78, 5) is 50.1. The van der Waals surface area contributed by atoms with E-state index in [-0.39, 0.29) is 37.6 Å². The largest absolute Gasteiger partial charge is 0.464 e. The molecule has 176 valence electrons. The summed E-state index contributed by atoms with van der Waals surface area (Å²) in [5.74, 6) is 0.416. The van der Waals surface area contributed by atoms with Crippen molar-refractivity contribution in [3.05, 3.63) is 18.6 Å². The maximum Gasteiger partial charge on any atom is 0.329 e. The number of hydrogen-bond acceptors (Lipinski definition) is 8. The van der Waals surface area contributed by atoms with Crippen molar-refractivity contribution < 1.29 is 19.1 Å². The van der Waals surface area contributed by atoms with Gasteiger partial charge in [-0.05, 0) is 18.4 Å². The first-order valence-corrected chi connectivity index (χ1v) is 10.8. The fourth-order valence-electron chi connectivity index (χ4n) is 4.10. The van der Waals surface area contributed by atoms with Crippen LogP contribution < -0.4 is 4.90 Å². The van der Waals surface area contributed by atoms with E-state index in [1.165, 1.54) is 22.7 Å². The molecule has 0 radical (unpaired) electrons. The van der Waals surface area contributed by atoms with E-state index in [0.717, 1.165) is 11.8 Å². The van der Waals surface area contributed by atoms with E-state index in [1.807, 2.05) is 18.0 Å². The molecule has 0 spiro atoms. The van der Waals surface area contributed by atoms with Gasteiger partial charge >= 0.3 is 12.0 Å². The maximum atomic E-state index is 12.9. The molecule has 3 heterocycles. The van der Waals surface area contributed by atoms with E-state index in [1.54, 1.807) is 24.2 Å². The zero-order valence-electron chi connectivity index (χ0n) is 19.4. The molecule has 0 aliphatic carbocycles. The number of likely N-dealkylation sites (tertiary alicyclic amines) is 1. The van der Waals surface area contributed by atoms with E-state index in [0.29, 0.717) is 30.5 Å². The summed E-state index contributed by atoms with van der Waals surface area (Å²) >= 11 is 0. The maximum absolute atomic E-state index is 12.9. The fourth-order valence-corrected chi connectivity index (χ4v) is 4.10. The molecule has 3 rings (SSSR count). The number of esters is 1. The van der Waals surface area contributed by atoms with Crippen LogP contribution in [0.2, 0.25) is 0 Å². The molecule has 0 saturated carbocycles. The zero-order valence-corrected chi connectivity index (χ0v) is 19.4. The van der Waals surface area contributed by atoms with Crippen LogP contribution in [-0.4, -0.2) is 88.6 Å². The van der Waals surface area contributed by atoms with Gasteiger partial charge in [-0.25, -0.2) is 14.8 Å². The summed E-state index contributed by atoms with van der Waals surface area (Å²) < 4.78 is 6.36. The Morgan fingerprint density at radius 3 is 2.76 bits per heavy atom. The monoisotopic (exact) mass is 455 g/mol. The number of nitrogens with zero attached hydrogens (tertiary/aromatic N) is 7. The van der Waals surface area contributed by atoms with E-state index in [2.05, 4.69) is 16.9 Å². The van der Waals surface area contributed by atoms with Gasteiger partial charge in [-0.3, -0.25) is 14.2 Å². The Labute approximate surface area is 192 Å². The van der Waals surface area contributed by atoms with Crippen LogP contribution in [0.5, 0.6) is 0 Å². The van der Waals surface area contributed by atoms with Crippen molar-refractivity contribution in [3.8, 4) is 6.07 Å². The Hall–Kier alpha value is -3.68. The average molecular weight is 456 g/mol. The quantitative estimate of drug-likeness (QED) is 0.600. The number of carbonyl (C=O) groups is 3. The molecule has 0 N–H and O–H groups in total.